The second-order valence-corrected chi connectivity index (χ2v) is 7.34. The van der Waals surface area contributed by atoms with Gasteiger partial charge in [0.2, 0.25) is 0 Å². The zero-order chi connectivity index (χ0) is 22.1. The first-order valence-corrected chi connectivity index (χ1v) is 10.0. The molecule has 0 aliphatic carbocycles. The highest BCUT2D eigenvalue weighted by Gasteiger charge is 2.15. The minimum Gasteiger partial charge on any atom is -0.443 e. The number of nitrogens with two attached hydrogens (primary N) is 1. The molecule has 0 fully saturated rings. The third kappa shape index (κ3) is 19.0. The maximum absolute atomic E-state index is 11.4. The van der Waals surface area contributed by atoms with Gasteiger partial charge >= 0.3 is 6.09 Å². The zero-order valence-corrected chi connectivity index (χ0v) is 19.6. The summed E-state index contributed by atoms with van der Waals surface area (Å²) in [6, 6.07) is 8.35. The van der Waals surface area contributed by atoms with E-state index in [4.69, 9.17) is 10.5 Å². The van der Waals surface area contributed by atoms with Crippen LogP contribution in [0, 0.1) is 0 Å². The van der Waals surface area contributed by atoms with E-state index in [-0.39, 0.29) is 5.41 Å². The lowest BCUT2D eigenvalue weighted by Crippen LogP contribution is -2.40. The molecule has 5 heteroatoms. The maximum atomic E-state index is 11.4. The molecular formula is C22H45N3O2. The fourth-order valence-corrected chi connectivity index (χ4v) is 1.64. The summed E-state index contributed by atoms with van der Waals surface area (Å²) in [5, 5.41) is 0. The average Bonchev–Trinajstić information content (AvgIpc) is 2.57. The number of carbonyl (C=O) groups excluding carboxylic acids is 1. The lowest BCUT2D eigenvalue weighted by Gasteiger charge is -2.20. The summed E-state index contributed by atoms with van der Waals surface area (Å²) in [6.07, 6.45) is -0.469. The van der Waals surface area contributed by atoms with Crippen molar-refractivity contribution >= 4 is 6.09 Å². The van der Waals surface area contributed by atoms with E-state index in [2.05, 4.69) is 55.9 Å². The first-order valence-electron chi connectivity index (χ1n) is 10.0. The number of hydrogen-bond acceptors (Lipinski definition) is 4. The summed E-state index contributed by atoms with van der Waals surface area (Å²) in [6.45, 7) is 23.3. The zero-order valence-electron chi connectivity index (χ0n) is 19.6. The van der Waals surface area contributed by atoms with E-state index in [1.807, 2.05) is 55.4 Å². The van der Waals surface area contributed by atoms with Crippen molar-refractivity contribution < 1.29 is 9.53 Å². The van der Waals surface area contributed by atoms with Gasteiger partial charge in [-0.05, 0) is 43.9 Å². The lowest BCUT2D eigenvalue weighted by molar-refractivity contribution is 0.0497. The fourth-order valence-electron chi connectivity index (χ4n) is 1.64. The number of hydrogen-bond donors (Lipinski definition) is 3. The normalized spacial score (nSPS) is 10.1. The molecule has 1 amide bonds. The Hall–Kier alpha value is -1.59. The Morgan fingerprint density at radius 1 is 0.963 bits per heavy atom. The Morgan fingerprint density at radius 2 is 1.37 bits per heavy atom. The van der Waals surface area contributed by atoms with Gasteiger partial charge in [-0.2, -0.15) is 0 Å². The maximum Gasteiger partial charge on any atom is 0.422 e. The van der Waals surface area contributed by atoms with E-state index in [0.717, 1.165) is 12.1 Å². The van der Waals surface area contributed by atoms with Crippen molar-refractivity contribution in [1.29, 1.82) is 0 Å². The van der Waals surface area contributed by atoms with Crippen molar-refractivity contribution in [3.63, 3.8) is 0 Å². The Kier molecular flexibility index (Phi) is 18.5. The van der Waals surface area contributed by atoms with E-state index in [0.29, 0.717) is 6.54 Å². The van der Waals surface area contributed by atoms with Gasteiger partial charge in [0.05, 0.1) is 0 Å². The molecule has 0 aliphatic heterocycles. The van der Waals surface area contributed by atoms with Gasteiger partial charge < -0.3 is 10.5 Å². The number of benzene rings is 1. The third-order valence-electron chi connectivity index (χ3n) is 2.70. The van der Waals surface area contributed by atoms with Crippen molar-refractivity contribution in [3.8, 4) is 0 Å². The summed E-state index contributed by atoms with van der Waals surface area (Å²) >= 11 is 0. The predicted octanol–water partition coefficient (Wildman–Crippen LogP) is 5.53. The van der Waals surface area contributed by atoms with Crippen molar-refractivity contribution in [2.45, 2.75) is 93.7 Å². The van der Waals surface area contributed by atoms with Crippen LogP contribution in [-0.2, 0) is 16.7 Å². The van der Waals surface area contributed by atoms with Crippen LogP contribution in [0.3, 0.4) is 0 Å². The number of hydrazine groups is 1. The summed E-state index contributed by atoms with van der Waals surface area (Å²) in [7, 11) is 0. The van der Waals surface area contributed by atoms with Crippen LogP contribution in [-0.4, -0.2) is 18.2 Å². The largest absolute Gasteiger partial charge is 0.443 e. The van der Waals surface area contributed by atoms with Crippen LogP contribution < -0.4 is 16.6 Å². The lowest BCUT2D eigenvalue weighted by atomic mass is 9.87. The molecule has 0 atom stereocenters. The van der Waals surface area contributed by atoms with Gasteiger partial charge in [0.15, 0.2) is 0 Å². The quantitative estimate of drug-likeness (QED) is 0.600. The molecule has 0 radical (unpaired) electrons. The standard InChI is InChI=1S/C16H26N2O2.C2H7N.2C2H6/c1-15(2,3)13-9-7-12(8-10-13)11-17-18-14(19)20-16(4,5)6;1-2-3;2*1-2/h7-10,17H,11H2,1-6H3,(H,18,19);2-3H2,1H3;2*1-2H3. The Bertz CT molecular complexity index is 458. The molecule has 5 nitrogen and oxygen atoms in total. The minimum absolute atomic E-state index is 0.153. The van der Waals surface area contributed by atoms with Gasteiger partial charge in [-0.1, -0.05) is 79.7 Å². The van der Waals surface area contributed by atoms with Crippen LogP contribution in [0.15, 0.2) is 24.3 Å². The molecule has 4 N–H and O–H groups in total. The van der Waals surface area contributed by atoms with Crippen molar-refractivity contribution in [1.82, 2.24) is 10.9 Å². The molecule has 1 aromatic carbocycles. The van der Waals surface area contributed by atoms with E-state index in [9.17, 15) is 4.79 Å². The monoisotopic (exact) mass is 383 g/mol. The Morgan fingerprint density at radius 3 is 1.70 bits per heavy atom. The van der Waals surface area contributed by atoms with E-state index >= 15 is 0 Å². The Labute approximate surface area is 168 Å². The third-order valence-corrected chi connectivity index (χ3v) is 2.70. The van der Waals surface area contributed by atoms with Crippen LogP contribution in [0.2, 0.25) is 0 Å². The molecule has 0 unspecified atom stereocenters. The fraction of sp³-hybridized carbons (Fsp3) is 0.682. The molecule has 0 saturated heterocycles. The summed E-state index contributed by atoms with van der Waals surface area (Å²) in [5.41, 5.74) is 12.3. The second kappa shape index (κ2) is 16.6. The smallest absolute Gasteiger partial charge is 0.422 e. The molecule has 0 aromatic heterocycles. The molecule has 1 rings (SSSR count). The molecule has 0 saturated carbocycles. The molecule has 160 valence electrons. The van der Waals surface area contributed by atoms with Gasteiger partial charge in [-0.25, -0.2) is 10.2 Å². The highest BCUT2D eigenvalue weighted by molar-refractivity contribution is 5.66. The van der Waals surface area contributed by atoms with Crippen molar-refractivity contribution in [2.75, 3.05) is 6.54 Å². The van der Waals surface area contributed by atoms with Crippen LogP contribution in [0.5, 0.6) is 0 Å². The van der Waals surface area contributed by atoms with E-state index in [1.165, 1.54) is 5.56 Å². The van der Waals surface area contributed by atoms with Crippen molar-refractivity contribution in [3.05, 3.63) is 35.4 Å². The minimum atomic E-state index is -0.486. The van der Waals surface area contributed by atoms with Gasteiger partial charge in [0.1, 0.15) is 5.60 Å². The average molecular weight is 384 g/mol. The van der Waals surface area contributed by atoms with E-state index < -0.39 is 11.7 Å². The van der Waals surface area contributed by atoms with Crippen LogP contribution in [0.1, 0.15) is 87.3 Å². The predicted molar refractivity (Wildman–Crippen MR) is 119 cm³/mol. The molecule has 27 heavy (non-hydrogen) atoms. The summed E-state index contributed by atoms with van der Waals surface area (Å²) < 4.78 is 5.13. The molecule has 0 heterocycles. The Balaban J connectivity index is -0.000000725. The highest BCUT2D eigenvalue weighted by atomic mass is 16.6. The molecule has 1 aromatic rings. The molecule has 0 bridgehead atoms. The molecular weight excluding hydrogens is 338 g/mol. The summed E-state index contributed by atoms with van der Waals surface area (Å²) in [4.78, 5) is 11.4. The first-order chi connectivity index (χ1) is 12.5. The number of nitrogens with one attached hydrogen (secondary N) is 2. The highest BCUT2D eigenvalue weighted by Crippen LogP contribution is 2.22. The van der Waals surface area contributed by atoms with Crippen molar-refractivity contribution in [2.24, 2.45) is 5.73 Å². The van der Waals surface area contributed by atoms with Crippen LogP contribution in [0.25, 0.3) is 0 Å². The van der Waals surface area contributed by atoms with Crippen LogP contribution in [0.4, 0.5) is 4.79 Å². The SMILES string of the molecule is CC.CC.CC(C)(C)OC(=O)NNCc1ccc(C(C)(C)C)cc1.CCN. The van der Waals surface area contributed by atoms with Gasteiger partial charge in [-0.3, -0.25) is 5.43 Å². The van der Waals surface area contributed by atoms with E-state index in [1.54, 1.807) is 0 Å². The van der Waals surface area contributed by atoms with Crippen LogP contribution >= 0.6 is 0 Å². The number of amides is 1. The number of ether oxygens (including phenoxy) is 1. The van der Waals surface area contributed by atoms with Gasteiger partial charge in [0.25, 0.3) is 0 Å². The molecule has 0 aliphatic rings. The molecule has 0 spiro atoms. The second-order valence-electron chi connectivity index (χ2n) is 7.34. The summed E-state index contributed by atoms with van der Waals surface area (Å²) in [5.74, 6) is 0. The van der Waals surface area contributed by atoms with Gasteiger partial charge in [0, 0.05) is 6.54 Å². The van der Waals surface area contributed by atoms with Gasteiger partial charge in [-0.15, -0.1) is 0 Å². The number of carbonyl (C=O) groups is 1. The topological polar surface area (TPSA) is 76.4 Å². The first kappa shape index (κ1) is 30.1. The number of rotatable bonds is 3.